The molecule has 2 nitrogen and oxygen atoms in total. The van der Waals surface area contributed by atoms with Crippen molar-refractivity contribution >= 4 is 0 Å². The Hall–Kier alpha value is -1.90. The Morgan fingerprint density at radius 1 is 1.06 bits per heavy atom. The highest BCUT2D eigenvalue weighted by molar-refractivity contribution is 5.36. The Morgan fingerprint density at radius 3 is 2.22 bits per heavy atom. The van der Waals surface area contributed by atoms with Crippen LogP contribution in [0.3, 0.4) is 0 Å². The highest BCUT2D eigenvalue weighted by Crippen LogP contribution is 2.17. The van der Waals surface area contributed by atoms with Gasteiger partial charge in [-0.05, 0) is 43.2 Å². The second-order valence-corrected chi connectivity index (χ2v) is 4.71. The van der Waals surface area contributed by atoms with Gasteiger partial charge in [0.15, 0.2) is 0 Å². The molecule has 2 aromatic rings. The maximum Gasteiger partial charge on any atom is 0.258 e. The van der Waals surface area contributed by atoms with Gasteiger partial charge in [0.1, 0.15) is 5.82 Å². The first-order valence-electron chi connectivity index (χ1n) is 5.99. The smallest absolute Gasteiger partial charge is 0.258 e. The van der Waals surface area contributed by atoms with E-state index in [1.807, 2.05) is 26.0 Å². The molecule has 1 aromatic carbocycles. The predicted molar refractivity (Wildman–Crippen MR) is 70.8 cm³/mol. The fourth-order valence-electron chi connectivity index (χ4n) is 1.96. The Labute approximate surface area is 106 Å². The van der Waals surface area contributed by atoms with Crippen molar-refractivity contribution in [2.24, 2.45) is 0 Å². The number of benzene rings is 1. The molecule has 18 heavy (non-hydrogen) atoms. The van der Waals surface area contributed by atoms with E-state index in [9.17, 15) is 9.18 Å². The van der Waals surface area contributed by atoms with Crippen molar-refractivity contribution in [2.75, 3.05) is 0 Å². The zero-order chi connectivity index (χ0) is 13.3. The van der Waals surface area contributed by atoms with E-state index < -0.39 is 0 Å². The van der Waals surface area contributed by atoms with Gasteiger partial charge in [0.25, 0.3) is 5.56 Å². The zero-order valence-corrected chi connectivity index (χ0v) is 10.8. The molecule has 0 amide bonds. The van der Waals surface area contributed by atoms with Crippen molar-refractivity contribution in [2.45, 2.75) is 26.7 Å². The quantitative estimate of drug-likeness (QED) is 0.794. The van der Waals surface area contributed by atoms with Crippen LogP contribution in [0.4, 0.5) is 4.39 Å². The third-order valence-corrected chi connectivity index (χ3v) is 2.98. The van der Waals surface area contributed by atoms with Crippen molar-refractivity contribution in [1.29, 1.82) is 0 Å². The fourth-order valence-corrected chi connectivity index (χ4v) is 1.96. The summed E-state index contributed by atoms with van der Waals surface area (Å²) in [5.74, 6) is -0.0751. The van der Waals surface area contributed by atoms with Crippen LogP contribution in [0.1, 0.15) is 31.0 Å². The first-order valence-corrected chi connectivity index (χ1v) is 5.99. The first-order chi connectivity index (χ1) is 8.50. The number of nitrogens with zero attached hydrogens (tertiary/aromatic N) is 1. The monoisotopic (exact) mass is 245 g/mol. The highest BCUT2D eigenvalue weighted by atomic mass is 19.1. The molecule has 1 aromatic heterocycles. The summed E-state index contributed by atoms with van der Waals surface area (Å²) in [6.45, 7) is 5.85. The van der Waals surface area contributed by atoms with E-state index in [1.54, 1.807) is 23.6 Å². The van der Waals surface area contributed by atoms with Gasteiger partial charge in [-0.1, -0.05) is 19.9 Å². The third-order valence-electron chi connectivity index (χ3n) is 2.98. The van der Waals surface area contributed by atoms with Crippen LogP contribution < -0.4 is 5.56 Å². The molecule has 0 bridgehead atoms. The summed E-state index contributed by atoms with van der Waals surface area (Å²) in [5, 5.41) is 0. The fraction of sp³-hybridized carbons (Fsp3) is 0.267. The van der Waals surface area contributed by atoms with Gasteiger partial charge >= 0.3 is 0 Å². The van der Waals surface area contributed by atoms with Crippen LogP contribution in [0.5, 0.6) is 0 Å². The van der Waals surface area contributed by atoms with E-state index in [1.165, 1.54) is 12.1 Å². The molecule has 0 fully saturated rings. The van der Waals surface area contributed by atoms with Gasteiger partial charge in [-0.3, -0.25) is 9.36 Å². The van der Waals surface area contributed by atoms with Gasteiger partial charge in [-0.2, -0.15) is 0 Å². The number of halogens is 1. The minimum Gasteiger partial charge on any atom is -0.281 e. The van der Waals surface area contributed by atoms with Crippen molar-refractivity contribution in [3.63, 3.8) is 0 Å². The minimum atomic E-state index is -0.300. The molecule has 0 atom stereocenters. The van der Waals surface area contributed by atoms with Crippen LogP contribution in [-0.4, -0.2) is 4.57 Å². The Balaban J connectivity index is 2.72. The van der Waals surface area contributed by atoms with Crippen LogP contribution in [0.2, 0.25) is 0 Å². The summed E-state index contributed by atoms with van der Waals surface area (Å²) in [6, 6.07) is 9.77. The second-order valence-electron chi connectivity index (χ2n) is 4.71. The normalized spacial score (nSPS) is 10.9. The molecule has 0 N–H and O–H groups in total. The van der Waals surface area contributed by atoms with E-state index in [2.05, 4.69) is 0 Å². The van der Waals surface area contributed by atoms with Gasteiger partial charge in [-0.25, -0.2) is 4.39 Å². The van der Waals surface area contributed by atoms with Gasteiger partial charge < -0.3 is 0 Å². The topological polar surface area (TPSA) is 22.0 Å². The van der Waals surface area contributed by atoms with Gasteiger partial charge in [0.05, 0.1) is 0 Å². The van der Waals surface area contributed by atoms with Crippen molar-refractivity contribution in [1.82, 2.24) is 4.57 Å². The second kappa shape index (κ2) is 4.77. The number of pyridine rings is 1. The molecule has 2 rings (SSSR count). The summed E-state index contributed by atoms with van der Waals surface area (Å²) in [6.07, 6.45) is 0. The molecule has 1 heterocycles. The number of hydrogen-bond acceptors (Lipinski definition) is 1. The molecule has 0 saturated heterocycles. The molecule has 0 saturated carbocycles. The molecule has 0 aliphatic rings. The van der Waals surface area contributed by atoms with Gasteiger partial charge in [0, 0.05) is 16.9 Å². The molecule has 0 unspecified atom stereocenters. The SMILES string of the molecule is Cc1ccc(C(C)C)n(-c2ccc(F)cc2)c1=O. The number of rotatable bonds is 2. The van der Waals surface area contributed by atoms with Gasteiger partial charge in [0.2, 0.25) is 0 Å². The van der Waals surface area contributed by atoms with Gasteiger partial charge in [-0.15, -0.1) is 0 Å². The maximum atomic E-state index is 13.0. The Morgan fingerprint density at radius 2 is 1.67 bits per heavy atom. The van der Waals surface area contributed by atoms with E-state index >= 15 is 0 Å². The molecular formula is C15H16FNO. The molecule has 94 valence electrons. The zero-order valence-electron chi connectivity index (χ0n) is 10.8. The lowest BCUT2D eigenvalue weighted by atomic mass is 10.1. The maximum absolute atomic E-state index is 13.0. The van der Waals surface area contributed by atoms with Crippen LogP contribution in [-0.2, 0) is 0 Å². The highest BCUT2D eigenvalue weighted by Gasteiger charge is 2.11. The number of aryl methyl sites for hydroxylation is 1. The van der Waals surface area contributed by atoms with Crippen LogP contribution in [0, 0.1) is 12.7 Å². The summed E-state index contributed by atoms with van der Waals surface area (Å²) >= 11 is 0. The lowest BCUT2D eigenvalue weighted by Gasteiger charge is -2.16. The van der Waals surface area contributed by atoms with E-state index in [0.29, 0.717) is 11.3 Å². The minimum absolute atomic E-state index is 0.0483. The van der Waals surface area contributed by atoms with Crippen molar-refractivity contribution < 1.29 is 4.39 Å². The Bertz CT molecular complexity index is 611. The lowest BCUT2D eigenvalue weighted by molar-refractivity contribution is 0.627. The summed E-state index contributed by atoms with van der Waals surface area (Å²) in [4.78, 5) is 12.2. The summed E-state index contributed by atoms with van der Waals surface area (Å²) < 4.78 is 14.6. The average molecular weight is 245 g/mol. The molecule has 0 aliphatic heterocycles. The van der Waals surface area contributed by atoms with E-state index in [-0.39, 0.29) is 17.3 Å². The lowest BCUT2D eigenvalue weighted by Crippen LogP contribution is -2.24. The number of hydrogen-bond donors (Lipinski definition) is 0. The summed E-state index contributed by atoms with van der Waals surface area (Å²) in [7, 11) is 0. The van der Waals surface area contributed by atoms with Crippen molar-refractivity contribution in [3.8, 4) is 5.69 Å². The van der Waals surface area contributed by atoms with E-state index in [4.69, 9.17) is 0 Å². The van der Waals surface area contributed by atoms with Crippen LogP contribution in [0.15, 0.2) is 41.2 Å². The van der Waals surface area contributed by atoms with Crippen LogP contribution >= 0.6 is 0 Å². The Kier molecular flexibility index (Phi) is 3.32. The van der Waals surface area contributed by atoms with Crippen molar-refractivity contribution in [3.05, 3.63) is 63.8 Å². The molecule has 0 radical (unpaired) electrons. The third kappa shape index (κ3) is 2.21. The molecule has 0 spiro atoms. The first kappa shape index (κ1) is 12.6. The predicted octanol–water partition coefficient (Wildman–Crippen LogP) is 3.41. The molecule has 3 heteroatoms. The largest absolute Gasteiger partial charge is 0.281 e. The average Bonchev–Trinajstić information content (AvgIpc) is 2.33. The number of aromatic nitrogens is 1. The molecule has 0 aliphatic carbocycles. The summed E-state index contributed by atoms with van der Waals surface area (Å²) in [5.41, 5.74) is 2.27. The standard InChI is InChI=1S/C15H16FNO/c1-10(2)14-9-4-11(3)15(18)17(14)13-7-5-12(16)6-8-13/h4-10H,1-3H3. The molecular weight excluding hydrogens is 229 g/mol. The van der Waals surface area contributed by atoms with Crippen LogP contribution in [0.25, 0.3) is 5.69 Å². The van der Waals surface area contributed by atoms with E-state index in [0.717, 1.165) is 5.69 Å².